The first kappa shape index (κ1) is 21.9. The Kier molecular flexibility index (Phi) is 5.15. The van der Waals surface area contributed by atoms with Crippen molar-refractivity contribution in [1.29, 1.82) is 0 Å². The van der Waals surface area contributed by atoms with Crippen molar-refractivity contribution in [2.45, 2.75) is 49.5 Å². The van der Waals surface area contributed by atoms with Gasteiger partial charge in [-0.05, 0) is 65.6 Å². The molecule has 4 aliphatic heterocycles. The highest BCUT2D eigenvalue weighted by molar-refractivity contribution is 5.77. The molecule has 4 saturated heterocycles. The minimum Gasteiger partial charge on any atom is -0.395 e. The Hall–Kier alpha value is -2.58. The first-order chi connectivity index (χ1) is 16.3. The van der Waals surface area contributed by atoms with Gasteiger partial charge in [0.1, 0.15) is 0 Å². The highest BCUT2D eigenvalue weighted by Crippen LogP contribution is 2.50. The predicted molar refractivity (Wildman–Crippen MR) is 121 cm³/mol. The fourth-order valence-corrected chi connectivity index (χ4v) is 6.54. The van der Waals surface area contributed by atoms with Crippen molar-refractivity contribution in [3.8, 4) is 11.1 Å². The van der Waals surface area contributed by atoms with Gasteiger partial charge < -0.3 is 14.9 Å². The molecular formula is C26H28F3N3O2. The molecule has 2 amide bonds. The Bertz CT molecular complexity index is 1090. The number of nitrogens with zero attached hydrogens (tertiary/aromatic N) is 3. The van der Waals surface area contributed by atoms with E-state index in [1.807, 2.05) is 15.9 Å². The molecule has 8 heteroatoms. The Morgan fingerprint density at radius 3 is 2.35 bits per heavy atom. The molecule has 4 unspecified atom stereocenters. The highest BCUT2D eigenvalue weighted by atomic mass is 19.4. The molecule has 0 saturated carbocycles. The Morgan fingerprint density at radius 1 is 0.971 bits per heavy atom. The van der Waals surface area contributed by atoms with E-state index in [2.05, 4.69) is 17.0 Å². The number of benzene rings is 2. The second-order valence-corrected chi connectivity index (χ2v) is 10.0. The first-order valence-corrected chi connectivity index (χ1v) is 12.1. The minimum absolute atomic E-state index is 0.0162. The van der Waals surface area contributed by atoms with Gasteiger partial charge >= 0.3 is 12.2 Å². The van der Waals surface area contributed by atoms with Crippen molar-refractivity contribution in [3.05, 3.63) is 59.2 Å². The van der Waals surface area contributed by atoms with E-state index in [0.29, 0.717) is 37.6 Å². The van der Waals surface area contributed by atoms with E-state index in [-0.39, 0.29) is 18.7 Å². The van der Waals surface area contributed by atoms with E-state index in [9.17, 15) is 23.1 Å². The maximum atomic E-state index is 13.5. The number of carbonyl (C=O) groups is 1. The Labute approximate surface area is 196 Å². The fourth-order valence-electron chi connectivity index (χ4n) is 6.54. The van der Waals surface area contributed by atoms with Crippen molar-refractivity contribution < 1.29 is 23.1 Å². The lowest BCUT2D eigenvalue weighted by Gasteiger charge is -2.57. The third-order valence-corrected chi connectivity index (χ3v) is 8.25. The van der Waals surface area contributed by atoms with Gasteiger partial charge in [0, 0.05) is 38.3 Å². The monoisotopic (exact) mass is 471 g/mol. The normalized spacial score (nSPS) is 28.0. The fraction of sp³-hybridized carbons (Fsp3) is 0.500. The quantitative estimate of drug-likeness (QED) is 0.718. The molecule has 4 heterocycles. The van der Waals surface area contributed by atoms with Gasteiger partial charge in [-0.2, -0.15) is 13.2 Å². The highest BCUT2D eigenvalue weighted by Gasteiger charge is 2.48. The van der Waals surface area contributed by atoms with Crippen LogP contribution in [0, 0.1) is 0 Å². The van der Waals surface area contributed by atoms with Crippen LogP contribution in [0.2, 0.25) is 0 Å². The first-order valence-electron chi connectivity index (χ1n) is 12.1. The molecule has 4 atom stereocenters. The molecule has 5 nitrogen and oxygen atoms in total. The van der Waals surface area contributed by atoms with E-state index in [1.54, 1.807) is 0 Å². The molecule has 4 fully saturated rings. The number of piperidine rings is 2. The smallest absolute Gasteiger partial charge is 0.395 e. The summed E-state index contributed by atoms with van der Waals surface area (Å²) < 4.78 is 38.9. The maximum Gasteiger partial charge on any atom is 0.416 e. The van der Waals surface area contributed by atoms with Crippen LogP contribution in [-0.2, 0) is 6.18 Å². The van der Waals surface area contributed by atoms with Crippen molar-refractivity contribution in [1.82, 2.24) is 14.7 Å². The van der Waals surface area contributed by atoms with Crippen molar-refractivity contribution in [3.63, 3.8) is 0 Å². The third-order valence-electron chi connectivity index (χ3n) is 8.25. The van der Waals surface area contributed by atoms with Crippen LogP contribution in [0.3, 0.4) is 0 Å². The van der Waals surface area contributed by atoms with E-state index in [1.165, 1.54) is 17.7 Å². The number of rotatable bonds is 3. The molecule has 2 aromatic rings. The largest absolute Gasteiger partial charge is 0.416 e. The predicted octanol–water partition coefficient (Wildman–Crippen LogP) is 4.48. The zero-order chi connectivity index (χ0) is 23.6. The number of aliphatic hydroxyl groups excluding tert-OH is 1. The van der Waals surface area contributed by atoms with Crippen molar-refractivity contribution >= 4 is 6.03 Å². The summed E-state index contributed by atoms with van der Waals surface area (Å²) in [5.74, 6) is 0.431. The maximum absolute atomic E-state index is 13.5. The van der Waals surface area contributed by atoms with Crippen LogP contribution in [0.5, 0.6) is 0 Å². The van der Waals surface area contributed by atoms with Crippen molar-refractivity contribution in [2.75, 3.05) is 32.8 Å². The van der Waals surface area contributed by atoms with Gasteiger partial charge in [0.05, 0.1) is 18.2 Å². The summed E-state index contributed by atoms with van der Waals surface area (Å²) in [6.07, 6.45) is -1.41. The summed E-state index contributed by atoms with van der Waals surface area (Å²) in [5.41, 5.74) is 3.38. The van der Waals surface area contributed by atoms with E-state index < -0.39 is 11.7 Å². The van der Waals surface area contributed by atoms with Gasteiger partial charge in [0.2, 0.25) is 0 Å². The van der Waals surface area contributed by atoms with Gasteiger partial charge in [0.15, 0.2) is 0 Å². The third kappa shape index (κ3) is 3.50. The number of fused-ring (bicyclic) bond motifs is 7. The number of likely N-dealkylation sites (tertiary alicyclic amines) is 1. The van der Waals surface area contributed by atoms with Crippen LogP contribution in [0.25, 0.3) is 11.1 Å². The molecule has 1 N–H and O–H groups in total. The van der Waals surface area contributed by atoms with Gasteiger partial charge in [0.25, 0.3) is 0 Å². The molecule has 0 aromatic heterocycles. The summed E-state index contributed by atoms with van der Waals surface area (Å²) in [4.78, 5) is 19.8. The lowest BCUT2D eigenvalue weighted by molar-refractivity contribution is -0.137. The molecule has 0 spiro atoms. The molecule has 7 rings (SSSR count). The average molecular weight is 472 g/mol. The summed E-state index contributed by atoms with van der Waals surface area (Å²) in [6, 6.07) is 12.2. The topological polar surface area (TPSA) is 47.0 Å². The number of hydrogen-bond donors (Lipinski definition) is 1. The van der Waals surface area contributed by atoms with E-state index in [4.69, 9.17) is 0 Å². The zero-order valence-electron chi connectivity index (χ0n) is 18.8. The van der Waals surface area contributed by atoms with E-state index >= 15 is 0 Å². The standard InChI is InChI=1S/C26H28F3N3O2/c27-26(28,29)19-4-1-16(2-5-19)17-3-6-22-18-7-8-32(24(12-18)23(22)11-17)25(34)30-14-20-13-21(15-30)31(20)9-10-33/h1-6,11,18,20-21,24,33H,7-10,12-15H2. The zero-order valence-corrected chi connectivity index (χ0v) is 18.8. The molecular weight excluding hydrogens is 443 g/mol. The van der Waals surface area contributed by atoms with Crippen LogP contribution >= 0.6 is 0 Å². The molecule has 34 heavy (non-hydrogen) atoms. The number of carbonyl (C=O) groups excluding carboxylic acids is 1. The number of halogens is 3. The lowest BCUT2D eigenvalue weighted by atomic mass is 9.87. The minimum atomic E-state index is -4.35. The Morgan fingerprint density at radius 2 is 1.68 bits per heavy atom. The number of hydrogen-bond acceptors (Lipinski definition) is 3. The number of aliphatic hydroxyl groups is 1. The van der Waals surface area contributed by atoms with Gasteiger partial charge in [-0.15, -0.1) is 0 Å². The lowest BCUT2D eigenvalue weighted by Crippen LogP contribution is -2.70. The summed E-state index contributed by atoms with van der Waals surface area (Å²) in [7, 11) is 0. The van der Waals surface area contributed by atoms with E-state index in [0.717, 1.165) is 54.6 Å². The molecule has 4 bridgehead atoms. The van der Waals surface area contributed by atoms with Crippen molar-refractivity contribution in [2.24, 2.45) is 0 Å². The summed E-state index contributed by atoms with van der Waals surface area (Å²) >= 11 is 0. The van der Waals surface area contributed by atoms with Crippen LogP contribution in [0.15, 0.2) is 42.5 Å². The molecule has 2 aromatic carbocycles. The number of urea groups is 1. The number of amides is 2. The Balaban J connectivity index is 1.23. The van der Waals surface area contributed by atoms with Crippen LogP contribution in [0.4, 0.5) is 18.0 Å². The molecule has 180 valence electrons. The second kappa shape index (κ2) is 7.99. The van der Waals surface area contributed by atoms with Crippen LogP contribution in [-0.4, -0.2) is 70.7 Å². The van der Waals surface area contributed by atoms with Gasteiger partial charge in [-0.25, -0.2) is 4.79 Å². The van der Waals surface area contributed by atoms with Crippen LogP contribution < -0.4 is 0 Å². The average Bonchev–Trinajstić information content (AvgIpc) is 3.13. The van der Waals surface area contributed by atoms with Gasteiger partial charge in [-0.3, -0.25) is 4.90 Å². The second-order valence-electron chi connectivity index (χ2n) is 10.0. The SMILES string of the molecule is O=C(N1CC2CC(C1)N2CCO)N1CCC2CC1c1cc(-c3ccc(C(F)(F)F)cc3)ccc12. The molecule has 1 aliphatic carbocycles. The summed E-state index contributed by atoms with van der Waals surface area (Å²) in [6.45, 7) is 2.96. The number of piperazine rings is 1. The van der Waals surface area contributed by atoms with Gasteiger partial charge in [-0.1, -0.05) is 24.3 Å². The molecule has 0 radical (unpaired) electrons. The summed E-state index contributed by atoms with van der Waals surface area (Å²) in [5, 5.41) is 9.27. The number of alkyl halides is 3. The molecule has 5 aliphatic rings. The van der Waals surface area contributed by atoms with Crippen LogP contribution in [0.1, 0.15) is 47.9 Å².